The van der Waals surface area contributed by atoms with Crippen LogP contribution in [0.25, 0.3) is 0 Å². The number of hydrogen-bond donors (Lipinski definition) is 2. The lowest BCUT2D eigenvalue weighted by Crippen LogP contribution is -2.22. The van der Waals surface area contributed by atoms with Crippen molar-refractivity contribution >= 4 is 23.2 Å². The van der Waals surface area contributed by atoms with Crippen LogP contribution in [-0.2, 0) is 13.0 Å². The molecular formula is C18H20ClN3O2. The van der Waals surface area contributed by atoms with Gasteiger partial charge < -0.3 is 20.5 Å². The molecule has 6 heteroatoms. The molecule has 1 heterocycles. The third-order valence-corrected chi connectivity index (χ3v) is 3.98. The van der Waals surface area contributed by atoms with E-state index in [1.807, 2.05) is 24.3 Å². The van der Waals surface area contributed by atoms with Gasteiger partial charge in [-0.3, -0.25) is 0 Å². The number of guanidine groups is 1. The number of hydrogen-bond acceptors (Lipinski definition) is 3. The summed E-state index contributed by atoms with van der Waals surface area (Å²) in [5, 5.41) is 3.63. The molecule has 0 atom stereocenters. The van der Waals surface area contributed by atoms with Gasteiger partial charge in [0.15, 0.2) is 17.5 Å². The van der Waals surface area contributed by atoms with Gasteiger partial charge in [-0.2, -0.15) is 0 Å². The van der Waals surface area contributed by atoms with E-state index in [1.165, 1.54) is 5.56 Å². The zero-order chi connectivity index (χ0) is 16.9. The Morgan fingerprint density at radius 2 is 2.04 bits per heavy atom. The Kier molecular flexibility index (Phi) is 5.11. The van der Waals surface area contributed by atoms with Crippen LogP contribution >= 0.6 is 11.6 Å². The second-order valence-electron chi connectivity index (χ2n) is 5.48. The highest BCUT2D eigenvalue weighted by Gasteiger charge is 2.16. The molecule has 0 aromatic heterocycles. The number of nitrogens with one attached hydrogen (secondary N) is 1. The fourth-order valence-electron chi connectivity index (χ4n) is 2.49. The fourth-order valence-corrected chi connectivity index (χ4v) is 2.78. The van der Waals surface area contributed by atoms with E-state index in [2.05, 4.69) is 29.4 Å². The topological polar surface area (TPSA) is 68.9 Å². The predicted molar refractivity (Wildman–Crippen MR) is 97.2 cm³/mol. The molecule has 0 aliphatic carbocycles. The number of anilines is 1. The average Bonchev–Trinajstić information content (AvgIpc) is 2.60. The summed E-state index contributed by atoms with van der Waals surface area (Å²) >= 11 is 6.23. The van der Waals surface area contributed by atoms with Gasteiger partial charge in [0.2, 0.25) is 0 Å². The summed E-state index contributed by atoms with van der Waals surface area (Å²) in [4.78, 5) is 4.36. The van der Waals surface area contributed by atoms with Crippen LogP contribution in [0.1, 0.15) is 18.1 Å². The molecular weight excluding hydrogens is 326 g/mol. The summed E-state index contributed by atoms with van der Waals surface area (Å²) < 4.78 is 11.1. The first kappa shape index (κ1) is 16.5. The Hall–Kier alpha value is -2.40. The maximum Gasteiger partial charge on any atom is 0.193 e. The Balaban J connectivity index is 1.69. The summed E-state index contributed by atoms with van der Waals surface area (Å²) in [5.41, 5.74) is 9.05. The van der Waals surface area contributed by atoms with Crippen LogP contribution in [0.5, 0.6) is 11.5 Å². The van der Waals surface area contributed by atoms with Crippen LogP contribution < -0.4 is 20.5 Å². The van der Waals surface area contributed by atoms with Crippen LogP contribution in [0.3, 0.4) is 0 Å². The molecule has 0 saturated carbocycles. The zero-order valence-corrected chi connectivity index (χ0v) is 14.3. The molecule has 5 nitrogen and oxygen atoms in total. The molecule has 1 aliphatic heterocycles. The van der Waals surface area contributed by atoms with Gasteiger partial charge in [0.1, 0.15) is 13.2 Å². The molecule has 0 saturated heterocycles. The van der Waals surface area contributed by atoms with E-state index in [1.54, 1.807) is 0 Å². The molecule has 0 unspecified atom stereocenters. The summed E-state index contributed by atoms with van der Waals surface area (Å²) in [6, 6.07) is 11.8. The Bertz CT molecular complexity index is 762. The average molecular weight is 346 g/mol. The number of nitrogens with two attached hydrogens (primary N) is 1. The second kappa shape index (κ2) is 7.45. The van der Waals surface area contributed by atoms with Crippen LogP contribution in [0.15, 0.2) is 41.4 Å². The van der Waals surface area contributed by atoms with Gasteiger partial charge in [-0.1, -0.05) is 30.7 Å². The van der Waals surface area contributed by atoms with Crippen LogP contribution in [0.4, 0.5) is 5.69 Å². The fraction of sp³-hybridized carbons (Fsp3) is 0.278. The van der Waals surface area contributed by atoms with Gasteiger partial charge in [-0.15, -0.1) is 0 Å². The van der Waals surface area contributed by atoms with E-state index < -0.39 is 0 Å². The highest BCUT2D eigenvalue weighted by molar-refractivity contribution is 6.32. The van der Waals surface area contributed by atoms with Gasteiger partial charge in [-0.05, 0) is 41.8 Å². The van der Waals surface area contributed by atoms with E-state index in [4.69, 9.17) is 26.8 Å². The molecule has 0 radical (unpaired) electrons. The molecule has 3 N–H and O–H groups in total. The molecule has 24 heavy (non-hydrogen) atoms. The van der Waals surface area contributed by atoms with Crippen molar-refractivity contribution in [3.8, 4) is 11.5 Å². The van der Waals surface area contributed by atoms with Crippen molar-refractivity contribution in [3.63, 3.8) is 0 Å². The number of aryl methyl sites for hydroxylation is 1. The minimum atomic E-state index is 0.356. The minimum absolute atomic E-state index is 0.356. The third kappa shape index (κ3) is 3.92. The normalized spacial score (nSPS) is 13.7. The molecule has 126 valence electrons. The number of rotatable bonds is 4. The lowest BCUT2D eigenvalue weighted by molar-refractivity contribution is 0.171. The lowest BCUT2D eigenvalue weighted by Gasteiger charge is -2.20. The van der Waals surface area contributed by atoms with E-state index in [9.17, 15) is 0 Å². The van der Waals surface area contributed by atoms with Crippen molar-refractivity contribution in [1.29, 1.82) is 0 Å². The molecule has 2 aromatic rings. The third-order valence-electron chi connectivity index (χ3n) is 3.70. The van der Waals surface area contributed by atoms with Gasteiger partial charge in [0, 0.05) is 5.69 Å². The van der Waals surface area contributed by atoms with Crippen molar-refractivity contribution in [1.82, 2.24) is 0 Å². The quantitative estimate of drug-likeness (QED) is 0.656. The molecule has 2 aromatic carbocycles. The van der Waals surface area contributed by atoms with Crippen molar-refractivity contribution in [3.05, 3.63) is 52.5 Å². The molecule has 0 spiro atoms. The van der Waals surface area contributed by atoms with Crippen molar-refractivity contribution in [2.45, 2.75) is 19.9 Å². The first-order valence-corrected chi connectivity index (χ1v) is 8.27. The van der Waals surface area contributed by atoms with Crippen molar-refractivity contribution in [2.24, 2.45) is 10.7 Å². The van der Waals surface area contributed by atoms with Crippen LogP contribution in [-0.4, -0.2) is 19.2 Å². The van der Waals surface area contributed by atoms with E-state index in [0.717, 1.165) is 17.7 Å². The summed E-state index contributed by atoms with van der Waals surface area (Å²) in [6.45, 7) is 3.55. The van der Waals surface area contributed by atoms with Crippen molar-refractivity contribution in [2.75, 3.05) is 18.5 Å². The number of halogens is 1. The first-order chi connectivity index (χ1) is 11.7. The standard InChI is InChI=1S/C18H20ClN3O2/c1-2-12-4-3-5-14(8-12)22-18(20)21-11-13-9-15(19)17-16(10-13)23-6-7-24-17/h3-5,8-10H,2,6-7,11H2,1H3,(H3,20,21,22). The van der Waals surface area contributed by atoms with Gasteiger partial charge in [-0.25, -0.2) is 4.99 Å². The molecule has 3 rings (SSSR count). The lowest BCUT2D eigenvalue weighted by atomic mass is 10.1. The zero-order valence-electron chi connectivity index (χ0n) is 13.5. The monoisotopic (exact) mass is 345 g/mol. The predicted octanol–water partition coefficient (Wildman–Crippen LogP) is 3.60. The smallest absolute Gasteiger partial charge is 0.193 e. The van der Waals surface area contributed by atoms with Gasteiger partial charge in [0.25, 0.3) is 0 Å². The second-order valence-corrected chi connectivity index (χ2v) is 5.89. The summed E-state index contributed by atoms with van der Waals surface area (Å²) in [7, 11) is 0. The molecule has 0 fully saturated rings. The highest BCUT2D eigenvalue weighted by Crippen LogP contribution is 2.38. The van der Waals surface area contributed by atoms with Gasteiger partial charge >= 0.3 is 0 Å². The van der Waals surface area contributed by atoms with E-state index in [-0.39, 0.29) is 0 Å². The molecule has 1 aliphatic rings. The Labute approximate surface area is 146 Å². The Morgan fingerprint density at radius 3 is 2.88 bits per heavy atom. The van der Waals surface area contributed by atoms with Crippen molar-refractivity contribution < 1.29 is 9.47 Å². The molecule has 0 bridgehead atoms. The number of ether oxygens (including phenoxy) is 2. The largest absolute Gasteiger partial charge is 0.486 e. The number of nitrogens with zero attached hydrogens (tertiary/aromatic N) is 1. The SMILES string of the molecule is CCc1cccc(NC(N)=NCc2cc(Cl)c3c(c2)OCCO3)c1. The van der Waals surface area contributed by atoms with Crippen LogP contribution in [0.2, 0.25) is 5.02 Å². The molecule has 0 amide bonds. The number of fused-ring (bicyclic) bond motifs is 1. The highest BCUT2D eigenvalue weighted by atomic mass is 35.5. The summed E-state index contributed by atoms with van der Waals surface area (Å²) in [6.07, 6.45) is 0.974. The number of benzene rings is 2. The van der Waals surface area contributed by atoms with Crippen LogP contribution in [0, 0.1) is 0 Å². The minimum Gasteiger partial charge on any atom is -0.486 e. The van der Waals surface area contributed by atoms with E-state index >= 15 is 0 Å². The number of aliphatic imine (C=N–C) groups is 1. The maximum atomic E-state index is 6.23. The van der Waals surface area contributed by atoms with Gasteiger partial charge in [0.05, 0.1) is 11.6 Å². The summed E-state index contributed by atoms with van der Waals surface area (Å²) in [5.74, 6) is 1.61. The first-order valence-electron chi connectivity index (χ1n) is 7.89. The Morgan fingerprint density at radius 1 is 1.21 bits per heavy atom. The maximum absolute atomic E-state index is 6.23. The van der Waals surface area contributed by atoms with E-state index in [0.29, 0.717) is 42.2 Å².